The van der Waals surface area contributed by atoms with Crippen LogP contribution < -0.4 is 10.6 Å². The average Bonchev–Trinajstić information content (AvgIpc) is 3.27. The molecule has 0 spiro atoms. The number of carbonyl (C=O) groups is 2. The Balaban J connectivity index is 1.41. The lowest BCUT2D eigenvalue weighted by atomic mass is 10.2. The van der Waals surface area contributed by atoms with E-state index in [-0.39, 0.29) is 18.4 Å². The second kappa shape index (κ2) is 8.08. The van der Waals surface area contributed by atoms with Gasteiger partial charge in [0.05, 0.1) is 21.8 Å². The number of aromatic nitrogens is 1. The summed E-state index contributed by atoms with van der Waals surface area (Å²) in [6, 6.07) is 13.1. The lowest BCUT2D eigenvalue weighted by molar-refractivity contribution is -0.115. The average molecular weight is 448 g/mol. The predicted octanol–water partition coefficient (Wildman–Crippen LogP) is 5.25. The number of halogens is 1. The molecule has 142 valence electrons. The maximum Gasteiger partial charge on any atom is 0.263 e. The molecule has 0 bridgehead atoms. The number of rotatable bonds is 5. The van der Waals surface area contributed by atoms with E-state index in [1.807, 2.05) is 42.7 Å². The highest BCUT2D eigenvalue weighted by Gasteiger charge is 2.17. The van der Waals surface area contributed by atoms with Crippen LogP contribution in [0.4, 0.5) is 5.69 Å². The first kappa shape index (κ1) is 19.2. The third-order valence-corrected chi connectivity index (χ3v) is 7.66. The third-order valence-electron chi connectivity index (χ3n) is 3.98. The smallest absolute Gasteiger partial charge is 0.263 e. The fourth-order valence-electron chi connectivity index (χ4n) is 2.67. The molecule has 0 radical (unpaired) electrons. The molecule has 28 heavy (non-hydrogen) atoms. The minimum Gasteiger partial charge on any atom is -0.342 e. The number of carbonyl (C=O) groups excluding carboxylic acids is 2. The standard InChI is InChI=1S/C19H14ClN3O2S3/c1-26-19-23-12-7-6-10(8-14(12)28-19)22-15(24)9-21-18(25)17-16(20)11-4-2-3-5-13(11)27-17/h2-8H,9H2,1H3,(H,21,25)(H,22,24). The molecular formula is C19H14ClN3O2S3. The van der Waals surface area contributed by atoms with Crippen LogP contribution in [0.5, 0.6) is 0 Å². The van der Waals surface area contributed by atoms with Crippen LogP contribution in [-0.2, 0) is 4.79 Å². The molecule has 0 saturated carbocycles. The third kappa shape index (κ3) is 3.86. The van der Waals surface area contributed by atoms with Crippen molar-refractivity contribution in [3.8, 4) is 0 Å². The molecule has 2 amide bonds. The van der Waals surface area contributed by atoms with Gasteiger partial charge in [-0.05, 0) is 30.5 Å². The summed E-state index contributed by atoms with van der Waals surface area (Å²) >= 11 is 10.8. The molecule has 0 aliphatic carbocycles. The first-order chi connectivity index (χ1) is 13.5. The van der Waals surface area contributed by atoms with Gasteiger partial charge in [-0.25, -0.2) is 4.98 Å². The van der Waals surface area contributed by atoms with Gasteiger partial charge in [0.25, 0.3) is 5.91 Å². The van der Waals surface area contributed by atoms with Crippen molar-refractivity contribution in [1.29, 1.82) is 0 Å². The molecule has 2 heterocycles. The van der Waals surface area contributed by atoms with Crippen LogP contribution in [0, 0.1) is 0 Å². The fourth-order valence-corrected chi connectivity index (χ4v) is 5.64. The first-order valence-corrected chi connectivity index (χ1v) is 11.5. The Morgan fingerprint density at radius 2 is 1.96 bits per heavy atom. The largest absolute Gasteiger partial charge is 0.342 e. The van der Waals surface area contributed by atoms with Crippen molar-refractivity contribution in [1.82, 2.24) is 10.3 Å². The van der Waals surface area contributed by atoms with Crippen molar-refractivity contribution in [2.75, 3.05) is 18.1 Å². The number of anilines is 1. The lowest BCUT2D eigenvalue weighted by Crippen LogP contribution is -2.32. The number of benzene rings is 2. The van der Waals surface area contributed by atoms with Crippen LogP contribution in [0.25, 0.3) is 20.3 Å². The van der Waals surface area contributed by atoms with E-state index in [1.165, 1.54) is 11.3 Å². The van der Waals surface area contributed by atoms with Gasteiger partial charge in [0, 0.05) is 15.8 Å². The minimum atomic E-state index is -0.358. The molecule has 5 nitrogen and oxygen atoms in total. The quantitative estimate of drug-likeness (QED) is 0.409. The number of nitrogens with zero attached hydrogens (tertiary/aromatic N) is 1. The fraction of sp³-hybridized carbons (Fsp3) is 0.105. The maximum atomic E-state index is 12.4. The van der Waals surface area contributed by atoms with E-state index in [0.717, 1.165) is 24.6 Å². The first-order valence-electron chi connectivity index (χ1n) is 8.25. The van der Waals surface area contributed by atoms with Crippen LogP contribution in [-0.4, -0.2) is 29.6 Å². The number of nitrogens with one attached hydrogen (secondary N) is 2. The monoisotopic (exact) mass is 447 g/mol. The van der Waals surface area contributed by atoms with Crippen LogP contribution >= 0.6 is 46.0 Å². The Hall–Kier alpha value is -2.13. The number of thiophene rings is 1. The van der Waals surface area contributed by atoms with Gasteiger partial charge < -0.3 is 10.6 Å². The van der Waals surface area contributed by atoms with E-state index >= 15 is 0 Å². The van der Waals surface area contributed by atoms with Gasteiger partial charge in [-0.3, -0.25) is 9.59 Å². The second-order valence-corrected chi connectivity index (χ2v) is 9.35. The zero-order valence-corrected chi connectivity index (χ0v) is 17.8. The van der Waals surface area contributed by atoms with Crippen molar-refractivity contribution in [3.63, 3.8) is 0 Å². The normalized spacial score (nSPS) is 11.1. The highest BCUT2D eigenvalue weighted by atomic mass is 35.5. The van der Waals surface area contributed by atoms with Crippen LogP contribution in [0.1, 0.15) is 9.67 Å². The summed E-state index contributed by atoms with van der Waals surface area (Å²) in [6.07, 6.45) is 1.98. The zero-order valence-electron chi connectivity index (χ0n) is 14.6. The molecule has 0 atom stereocenters. The van der Waals surface area contributed by atoms with Crippen molar-refractivity contribution >= 4 is 83.8 Å². The predicted molar refractivity (Wildman–Crippen MR) is 119 cm³/mol. The molecular weight excluding hydrogens is 434 g/mol. The molecule has 0 aliphatic rings. The summed E-state index contributed by atoms with van der Waals surface area (Å²) in [7, 11) is 0. The summed E-state index contributed by atoms with van der Waals surface area (Å²) in [6.45, 7) is -0.139. The molecule has 2 aromatic heterocycles. The molecule has 4 rings (SSSR count). The van der Waals surface area contributed by atoms with Gasteiger partial charge >= 0.3 is 0 Å². The Morgan fingerprint density at radius 3 is 2.75 bits per heavy atom. The Kier molecular flexibility index (Phi) is 5.54. The topological polar surface area (TPSA) is 71.1 Å². The SMILES string of the molecule is CSc1nc2ccc(NC(=O)CNC(=O)c3sc4ccccc4c3Cl)cc2s1. The van der Waals surface area contributed by atoms with Gasteiger partial charge in [0.2, 0.25) is 5.91 Å². The second-order valence-electron chi connectivity index (χ2n) is 5.84. The van der Waals surface area contributed by atoms with Crippen LogP contribution in [0.2, 0.25) is 5.02 Å². The van der Waals surface area contributed by atoms with E-state index in [1.54, 1.807) is 29.2 Å². The number of fused-ring (bicyclic) bond motifs is 2. The molecule has 4 aromatic rings. The summed E-state index contributed by atoms with van der Waals surface area (Å²) in [5, 5.41) is 6.69. The Bertz CT molecular complexity index is 1200. The Labute approximate surface area is 178 Å². The summed E-state index contributed by atoms with van der Waals surface area (Å²) in [5.74, 6) is -0.664. The van der Waals surface area contributed by atoms with E-state index in [4.69, 9.17) is 11.6 Å². The van der Waals surface area contributed by atoms with Gasteiger partial charge in [0.15, 0.2) is 4.34 Å². The number of hydrogen-bond donors (Lipinski definition) is 2. The van der Waals surface area contributed by atoms with E-state index in [0.29, 0.717) is 15.6 Å². The summed E-state index contributed by atoms with van der Waals surface area (Å²) in [5.41, 5.74) is 1.57. The highest BCUT2D eigenvalue weighted by molar-refractivity contribution is 8.00. The van der Waals surface area contributed by atoms with Gasteiger partial charge in [0.1, 0.15) is 4.88 Å². The van der Waals surface area contributed by atoms with Crippen molar-refractivity contribution in [3.05, 3.63) is 52.4 Å². The van der Waals surface area contributed by atoms with Gasteiger partial charge in [-0.15, -0.1) is 22.7 Å². The maximum absolute atomic E-state index is 12.4. The van der Waals surface area contributed by atoms with Crippen LogP contribution in [0.3, 0.4) is 0 Å². The molecule has 0 saturated heterocycles. The molecule has 0 fully saturated rings. The molecule has 0 aliphatic heterocycles. The minimum absolute atomic E-state index is 0.139. The number of amides is 2. The number of thiazole rings is 1. The molecule has 0 unspecified atom stereocenters. The highest BCUT2D eigenvalue weighted by Crippen LogP contribution is 2.35. The van der Waals surface area contributed by atoms with Crippen molar-refractivity contribution in [2.45, 2.75) is 4.34 Å². The van der Waals surface area contributed by atoms with Crippen molar-refractivity contribution in [2.24, 2.45) is 0 Å². The molecule has 9 heteroatoms. The lowest BCUT2D eigenvalue weighted by Gasteiger charge is -2.06. The number of thioether (sulfide) groups is 1. The summed E-state index contributed by atoms with van der Waals surface area (Å²) in [4.78, 5) is 29.5. The Morgan fingerprint density at radius 1 is 1.14 bits per heavy atom. The molecule has 2 N–H and O–H groups in total. The zero-order chi connectivity index (χ0) is 19.7. The number of hydrogen-bond acceptors (Lipinski definition) is 6. The van der Waals surface area contributed by atoms with Gasteiger partial charge in [-0.2, -0.15) is 0 Å². The van der Waals surface area contributed by atoms with E-state index in [9.17, 15) is 9.59 Å². The van der Waals surface area contributed by atoms with E-state index < -0.39 is 0 Å². The molecule has 2 aromatic carbocycles. The van der Waals surface area contributed by atoms with Crippen molar-refractivity contribution < 1.29 is 9.59 Å². The van der Waals surface area contributed by atoms with Gasteiger partial charge in [-0.1, -0.05) is 41.6 Å². The van der Waals surface area contributed by atoms with E-state index in [2.05, 4.69) is 15.6 Å². The summed E-state index contributed by atoms with van der Waals surface area (Å²) < 4.78 is 2.92. The van der Waals surface area contributed by atoms with Crippen LogP contribution in [0.15, 0.2) is 46.8 Å².